The molecule has 0 spiro atoms. The van der Waals surface area contributed by atoms with Crippen LogP contribution in [0.25, 0.3) is 54.8 Å². The van der Waals surface area contributed by atoms with E-state index in [1.165, 1.54) is 23.5 Å². The predicted octanol–water partition coefficient (Wildman–Crippen LogP) is 10.2. The molecule has 0 aliphatic rings. The molecule has 0 saturated carbocycles. The van der Waals surface area contributed by atoms with Gasteiger partial charge in [0, 0.05) is 42.1 Å². The minimum Gasteiger partial charge on any atom is -0.305 e. The van der Waals surface area contributed by atoms with Crippen molar-refractivity contribution in [1.29, 1.82) is 0 Å². The molecule has 4 heteroatoms. The summed E-state index contributed by atoms with van der Waals surface area (Å²) >= 11 is 0. The quantitative estimate of drug-likeness (QED) is 0.101. The van der Waals surface area contributed by atoms with Gasteiger partial charge in [0.15, 0.2) is 0 Å². The van der Waals surface area contributed by atoms with Crippen LogP contribution in [-0.4, -0.2) is 18.0 Å². The van der Waals surface area contributed by atoms with Crippen LogP contribution in [0.4, 0.5) is 0 Å². The van der Waals surface area contributed by atoms with Crippen molar-refractivity contribution in [3.05, 3.63) is 139 Å². The number of benzene rings is 5. The van der Waals surface area contributed by atoms with E-state index in [1.807, 2.05) is 66.9 Å². The van der Waals surface area contributed by atoms with Crippen molar-refractivity contribution in [2.45, 2.75) is 39.2 Å². The second-order valence-electron chi connectivity index (χ2n) is 11.5. The van der Waals surface area contributed by atoms with Crippen molar-refractivity contribution >= 4 is 45.6 Å². The Morgan fingerprint density at radius 1 is 0.659 bits per heavy atom. The summed E-state index contributed by atoms with van der Waals surface area (Å²) in [6.07, 6.45) is 3.37. The van der Waals surface area contributed by atoms with Gasteiger partial charge in [-0.25, -0.2) is 0 Å². The maximum atomic E-state index is 8.49. The molecule has 7 rings (SSSR count). The van der Waals surface area contributed by atoms with Gasteiger partial charge < -0.3 is 9.97 Å². The van der Waals surface area contributed by atoms with Gasteiger partial charge in [-0.15, -0.1) is 59.7 Å². The fourth-order valence-corrected chi connectivity index (χ4v) is 6.31. The van der Waals surface area contributed by atoms with Gasteiger partial charge in [-0.05, 0) is 44.7 Å². The average Bonchev–Trinajstić information content (AvgIpc) is 3.10. The molecule has 0 aliphatic carbocycles. The number of hydrogen-bond donors (Lipinski definition) is 0. The van der Waals surface area contributed by atoms with Crippen LogP contribution in [-0.2, 0) is 20.1 Å². The third kappa shape index (κ3) is 6.59. The molecule has 0 amide bonds. The third-order valence-electron chi connectivity index (χ3n) is 7.61. The summed E-state index contributed by atoms with van der Waals surface area (Å²) in [5.74, 6) is -2.78. The minimum atomic E-state index is -3.06. The number of fused-ring (bicyclic) bond motifs is 6. The summed E-state index contributed by atoms with van der Waals surface area (Å²) in [4.78, 5) is 8.87. The van der Waals surface area contributed by atoms with Gasteiger partial charge in [-0.2, -0.15) is 0 Å². The molecule has 5 aromatic carbocycles. The van der Waals surface area contributed by atoms with Gasteiger partial charge in [0.05, 0.1) is 8.07 Å². The molecule has 0 aliphatic heterocycles. The van der Waals surface area contributed by atoms with Crippen molar-refractivity contribution in [3.8, 4) is 22.5 Å². The fraction of sp³-hybridized carbons (Fsp3) is 0.150. The van der Waals surface area contributed by atoms with Gasteiger partial charge in [-0.1, -0.05) is 122 Å². The van der Waals surface area contributed by atoms with E-state index in [1.54, 1.807) is 0 Å². The molecule has 0 unspecified atom stereocenters. The molecule has 2 heterocycles. The average molecular weight is 772 g/mol. The SMILES string of the molecule is C[Si](C)(C)c1ccc(-c2[c-]cccc2)nc1.[2H]C([2H])([2H])C([2H])(c1ccnc(-c2[c-]cc3c4ccccc4c4ccccc4c3c2)c1)C([2H])([2H])[2H].[Ir]. The van der Waals surface area contributed by atoms with Gasteiger partial charge in [-0.3, -0.25) is 0 Å². The summed E-state index contributed by atoms with van der Waals surface area (Å²) in [5.41, 5.74) is 2.89. The maximum Gasteiger partial charge on any atom is 0.0795 e. The molecular weight excluding hydrogens is 729 g/mol. The van der Waals surface area contributed by atoms with E-state index >= 15 is 0 Å². The Morgan fingerprint density at radius 3 is 1.91 bits per heavy atom. The van der Waals surface area contributed by atoms with Crippen LogP contribution in [0.15, 0.2) is 122 Å². The van der Waals surface area contributed by atoms with Crippen molar-refractivity contribution < 1.29 is 29.7 Å². The molecule has 1 radical (unpaired) electrons. The molecule has 2 aromatic heterocycles. The number of nitrogens with zero attached hydrogens (tertiary/aromatic N) is 2. The Kier molecular flexibility index (Phi) is 7.11. The van der Waals surface area contributed by atoms with Crippen molar-refractivity contribution in [3.63, 3.8) is 0 Å². The topological polar surface area (TPSA) is 25.8 Å². The van der Waals surface area contributed by atoms with E-state index in [9.17, 15) is 0 Å². The van der Waals surface area contributed by atoms with Crippen molar-refractivity contribution in [1.82, 2.24) is 9.97 Å². The van der Waals surface area contributed by atoms with Crippen LogP contribution >= 0.6 is 0 Å². The summed E-state index contributed by atoms with van der Waals surface area (Å²) < 4.78 is 55.2. The second-order valence-corrected chi connectivity index (χ2v) is 16.6. The molecule has 0 fully saturated rings. The van der Waals surface area contributed by atoms with Gasteiger partial charge in [0.2, 0.25) is 0 Å². The number of hydrogen-bond acceptors (Lipinski definition) is 2. The number of pyridine rings is 2. The first kappa shape index (κ1) is 23.4. The first-order chi connectivity index (χ1) is 23.6. The Labute approximate surface area is 285 Å². The third-order valence-corrected chi connectivity index (χ3v) is 9.64. The summed E-state index contributed by atoms with van der Waals surface area (Å²) in [6, 6.07) is 41.4. The molecule has 0 saturated heterocycles. The molecule has 0 bridgehead atoms. The van der Waals surface area contributed by atoms with E-state index in [0.717, 1.165) is 43.6 Å². The van der Waals surface area contributed by atoms with Crippen LogP contribution in [0.5, 0.6) is 0 Å². The van der Waals surface area contributed by atoms with E-state index in [4.69, 9.17) is 9.60 Å². The predicted molar refractivity (Wildman–Crippen MR) is 187 cm³/mol. The van der Waals surface area contributed by atoms with E-state index < -0.39 is 27.7 Å². The van der Waals surface area contributed by atoms with Crippen molar-refractivity contribution in [2.75, 3.05) is 0 Å². The van der Waals surface area contributed by atoms with Crippen molar-refractivity contribution in [2.24, 2.45) is 0 Å². The van der Waals surface area contributed by atoms with E-state index in [0.29, 0.717) is 11.3 Å². The van der Waals surface area contributed by atoms with Crippen LogP contribution in [0.2, 0.25) is 19.6 Å². The first-order valence-electron chi connectivity index (χ1n) is 17.7. The number of aromatic nitrogens is 2. The Hall–Kier alpha value is -3.95. The molecule has 44 heavy (non-hydrogen) atoms. The van der Waals surface area contributed by atoms with Crippen LogP contribution in [0.1, 0.15) is 34.8 Å². The molecule has 221 valence electrons. The Balaban J connectivity index is 0.000000249. The smallest absolute Gasteiger partial charge is 0.0795 e. The maximum absolute atomic E-state index is 8.49. The van der Waals surface area contributed by atoms with Crippen LogP contribution < -0.4 is 5.19 Å². The zero-order valence-electron chi connectivity index (χ0n) is 31.8. The Morgan fingerprint density at radius 2 is 1.32 bits per heavy atom. The standard InChI is InChI=1S/C26H20N.C14H16NSi.Ir/c1-17(2)18-13-14-27-26(16-18)19-11-12-24-22-9-4-3-7-20(22)21-8-5-6-10-23(21)25(24)15-19;1-16(2,3)13-9-10-14(15-11-13)12-7-5-4-6-8-12;/h3-10,12-17H,1-2H3;4-7,9-11H,1-3H3;/q2*-1;/i1D3,2D3,17D;;. The van der Waals surface area contributed by atoms with E-state index in [-0.39, 0.29) is 25.7 Å². The zero-order chi connectivity index (χ0) is 35.9. The number of rotatable bonds is 4. The zero-order valence-corrected chi connectivity index (χ0v) is 28.2. The van der Waals surface area contributed by atoms with Crippen LogP contribution in [0.3, 0.4) is 0 Å². The summed E-state index contributed by atoms with van der Waals surface area (Å²) in [5, 5.41) is 7.80. The molecule has 7 aromatic rings. The molecular formula is C40H36IrN2Si-2. The summed E-state index contributed by atoms with van der Waals surface area (Å²) in [7, 11) is -1.23. The van der Waals surface area contributed by atoms with Gasteiger partial charge >= 0.3 is 0 Å². The molecule has 2 nitrogen and oxygen atoms in total. The summed E-state index contributed by atoms with van der Waals surface area (Å²) in [6.45, 7) is 0.882. The molecule has 0 atom stereocenters. The second kappa shape index (κ2) is 13.4. The Bertz CT molecular complexity index is 2250. The van der Waals surface area contributed by atoms with Gasteiger partial charge in [0.25, 0.3) is 0 Å². The minimum absolute atomic E-state index is 0. The largest absolute Gasteiger partial charge is 0.305 e. The first-order valence-corrected chi connectivity index (χ1v) is 17.7. The normalized spacial score (nSPS) is 14.5. The molecule has 0 N–H and O–H groups in total. The van der Waals surface area contributed by atoms with E-state index in [2.05, 4.69) is 78.1 Å². The van der Waals surface area contributed by atoms with Gasteiger partial charge in [0.1, 0.15) is 0 Å². The van der Waals surface area contributed by atoms with Crippen LogP contribution in [0, 0.1) is 12.1 Å². The monoisotopic (exact) mass is 772 g/mol. The fourth-order valence-electron chi connectivity index (χ4n) is 5.27.